The third kappa shape index (κ3) is 4.49. The first-order valence-corrected chi connectivity index (χ1v) is 7.05. The van der Waals surface area contributed by atoms with Crippen LogP contribution in [0.3, 0.4) is 0 Å². The zero-order chi connectivity index (χ0) is 15.1. The minimum Gasteiger partial charge on any atom is -0.486 e. The lowest BCUT2D eigenvalue weighted by atomic mass is 10.1. The topological polar surface area (TPSA) is 56.8 Å². The molecule has 1 heterocycles. The standard InChI is InChI=1S/C16H21NO4/c1-12(16(18)19-2)5-7-17-8-6-13-3-4-14-15(11-13)21-10-9-20-14/h3-5,11,17H,6-10H2,1-2H3/b12-5+. The second-order valence-electron chi connectivity index (χ2n) is 4.81. The van der Waals surface area contributed by atoms with Crippen LogP contribution in [-0.4, -0.2) is 39.4 Å². The van der Waals surface area contributed by atoms with Crippen molar-refractivity contribution in [3.05, 3.63) is 35.4 Å². The molecule has 21 heavy (non-hydrogen) atoms. The van der Waals surface area contributed by atoms with Crippen LogP contribution in [0.25, 0.3) is 0 Å². The van der Waals surface area contributed by atoms with E-state index >= 15 is 0 Å². The van der Waals surface area contributed by atoms with Crippen LogP contribution < -0.4 is 14.8 Å². The van der Waals surface area contributed by atoms with Crippen LogP contribution in [0.15, 0.2) is 29.8 Å². The monoisotopic (exact) mass is 291 g/mol. The summed E-state index contributed by atoms with van der Waals surface area (Å²) >= 11 is 0. The van der Waals surface area contributed by atoms with E-state index in [2.05, 4.69) is 10.1 Å². The van der Waals surface area contributed by atoms with E-state index in [1.165, 1.54) is 12.7 Å². The Morgan fingerprint density at radius 1 is 1.33 bits per heavy atom. The van der Waals surface area contributed by atoms with E-state index in [1.54, 1.807) is 6.92 Å². The van der Waals surface area contributed by atoms with E-state index in [1.807, 2.05) is 24.3 Å². The molecule has 0 aliphatic carbocycles. The third-order valence-electron chi connectivity index (χ3n) is 3.26. The Bertz CT molecular complexity index is 525. The molecular weight excluding hydrogens is 270 g/mol. The highest BCUT2D eigenvalue weighted by molar-refractivity contribution is 5.87. The van der Waals surface area contributed by atoms with Crippen molar-refractivity contribution in [2.24, 2.45) is 0 Å². The average molecular weight is 291 g/mol. The van der Waals surface area contributed by atoms with E-state index in [4.69, 9.17) is 9.47 Å². The number of rotatable bonds is 6. The van der Waals surface area contributed by atoms with E-state index in [0.29, 0.717) is 25.3 Å². The van der Waals surface area contributed by atoms with Crippen LogP contribution in [0.2, 0.25) is 0 Å². The highest BCUT2D eigenvalue weighted by Gasteiger charge is 2.11. The normalized spacial score (nSPS) is 13.9. The number of methoxy groups -OCH3 is 1. The lowest BCUT2D eigenvalue weighted by molar-refractivity contribution is -0.136. The van der Waals surface area contributed by atoms with E-state index in [9.17, 15) is 4.79 Å². The molecular formula is C16H21NO4. The molecule has 1 aliphatic rings. The minimum atomic E-state index is -0.288. The van der Waals surface area contributed by atoms with Gasteiger partial charge in [-0.3, -0.25) is 0 Å². The van der Waals surface area contributed by atoms with Gasteiger partial charge in [0.2, 0.25) is 0 Å². The average Bonchev–Trinajstić information content (AvgIpc) is 2.53. The van der Waals surface area contributed by atoms with Crippen LogP contribution in [0.5, 0.6) is 11.5 Å². The van der Waals surface area contributed by atoms with Crippen LogP contribution in [0, 0.1) is 0 Å². The summed E-state index contributed by atoms with van der Waals surface area (Å²) < 4.78 is 15.7. The smallest absolute Gasteiger partial charge is 0.333 e. The second-order valence-corrected chi connectivity index (χ2v) is 4.81. The fourth-order valence-corrected chi connectivity index (χ4v) is 2.05. The molecule has 1 aromatic rings. The molecule has 5 nitrogen and oxygen atoms in total. The molecule has 114 valence electrons. The number of carbonyl (C=O) groups excluding carboxylic acids is 1. The Hall–Kier alpha value is -2.01. The highest BCUT2D eigenvalue weighted by Crippen LogP contribution is 2.30. The van der Waals surface area contributed by atoms with Gasteiger partial charge < -0.3 is 19.5 Å². The molecule has 2 rings (SSSR count). The summed E-state index contributed by atoms with van der Waals surface area (Å²) in [4.78, 5) is 11.2. The molecule has 1 N–H and O–H groups in total. The van der Waals surface area contributed by atoms with Gasteiger partial charge in [-0.2, -0.15) is 0 Å². The molecule has 0 fully saturated rings. The number of benzene rings is 1. The molecule has 0 saturated carbocycles. The van der Waals surface area contributed by atoms with Crippen molar-refractivity contribution in [2.45, 2.75) is 13.3 Å². The number of ether oxygens (including phenoxy) is 3. The van der Waals surface area contributed by atoms with Crippen molar-refractivity contribution in [2.75, 3.05) is 33.4 Å². The van der Waals surface area contributed by atoms with Gasteiger partial charge in [-0.1, -0.05) is 12.1 Å². The first kappa shape index (κ1) is 15.4. The molecule has 0 bridgehead atoms. The molecule has 1 aromatic carbocycles. The Kier molecular flexibility index (Phi) is 5.63. The summed E-state index contributed by atoms with van der Waals surface area (Å²) in [6.45, 7) is 4.43. The number of carbonyl (C=O) groups is 1. The van der Waals surface area contributed by atoms with Crippen molar-refractivity contribution in [3.63, 3.8) is 0 Å². The number of fused-ring (bicyclic) bond motifs is 1. The summed E-state index contributed by atoms with van der Waals surface area (Å²) in [7, 11) is 1.38. The summed E-state index contributed by atoms with van der Waals surface area (Å²) in [5, 5.41) is 3.27. The second kappa shape index (κ2) is 7.69. The molecule has 0 radical (unpaired) electrons. The molecule has 0 unspecified atom stereocenters. The first-order chi connectivity index (χ1) is 10.2. The lowest BCUT2D eigenvalue weighted by Crippen LogP contribution is -2.19. The SMILES string of the molecule is COC(=O)/C(C)=C/CNCCc1ccc2c(c1)OCCO2. The Balaban J connectivity index is 1.75. The van der Waals surface area contributed by atoms with Crippen molar-refractivity contribution in [1.82, 2.24) is 5.32 Å². The molecule has 0 aromatic heterocycles. The van der Waals surface area contributed by atoms with Gasteiger partial charge >= 0.3 is 5.97 Å². The zero-order valence-electron chi connectivity index (χ0n) is 12.5. The van der Waals surface area contributed by atoms with Crippen LogP contribution >= 0.6 is 0 Å². The van der Waals surface area contributed by atoms with Gasteiger partial charge in [0.1, 0.15) is 13.2 Å². The summed E-state index contributed by atoms with van der Waals surface area (Å²) in [5.41, 5.74) is 1.81. The fourth-order valence-electron chi connectivity index (χ4n) is 2.05. The quantitative estimate of drug-likeness (QED) is 0.491. The number of hydrogen-bond donors (Lipinski definition) is 1. The largest absolute Gasteiger partial charge is 0.486 e. The number of esters is 1. The van der Waals surface area contributed by atoms with Crippen molar-refractivity contribution < 1.29 is 19.0 Å². The van der Waals surface area contributed by atoms with Crippen molar-refractivity contribution >= 4 is 5.97 Å². The summed E-state index contributed by atoms with van der Waals surface area (Å²) in [6.07, 6.45) is 2.72. The lowest BCUT2D eigenvalue weighted by Gasteiger charge is -2.18. The summed E-state index contributed by atoms with van der Waals surface area (Å²) in [5.74, 6) is 1.35. The van der Waals surface area contributed by atoms with Crippen LogP contribution in [-0.2, 0) is 16.0 Å². The first-order valence-electron chi connectivity index (χ1n) is 7.05. The Labute approximate surface area is 124 Å². The number of nitrogens with one attached hydrogen (secondary N) is 1. The molecule has 0 spiro atoms. The third-order valence-corrected chi connectivity index (χ3v) is 3.26. The number of hydrogen-bond acceptors (Lipinski definition) is 5. The maximum absolute atomic E-state index is 11.2. The minimum absolute atomic E-state index is 0.288. The Morgan fingerprint density at radius 3 is 2.86 bits per heavy atom. The predicted molar refractivity (Wildman–Crippen MR) is 79.8 cm³/mol. The molecule has 0 amide bonds. The predicted octanol–water partition coefficient (Wildman–Crippen LogP) is 1.71. The zero-order valence-corrected chi connectivity index (χ0v) is 12.5. The maximum Gasteiger partial charge on any atom is 0.333 e. The molecule has 1 aliphatic heterocycles. The molecule has 0 atom stereocenters. The van der Waals surface area contributed by atoms with Crippen LogP contribution in [0.4, 0.5) is 0 Å². The van der Waals surface area contributed by atoms with E-state index < -0.39 is 0 Å². The van der Waals surface area contributed by atoms with Crippen molar-refractivity contribution in [3.8, 4) is 11.5 Å². The van der Waals surface area contributed by atoms with Gasteiger partial charge in [-0.25, -0.2) is 4.79 Å². The highest BCUT2D eigenvalue weighted by atomic mass is 16.6. The van der Waals surface area contributed by atoms with Gasteiger partial charge in [0.25, 0.3) is 0 Å². The molecule has 0 saturated heterocycles. The fraction of sp³-hybridized carbons (Fsp3) is 0.438. The maximum atomic E-state index is 11.2. The van der Waals surface area contributed by atoms with Gasteiger partial charge in [-0.15, -0.1) is 0 Å². The summed E-state index contributed by atoms with van der Waals surface area (Å²) in [6, 6.07) is 6.02. The van der Waals surface area contributed by atoms with E-state index in [-0.39, 0.29) is 5.97 Å². The van der Waals surface area contributed by atoms with Gasteiger partial charge in [0.05, 0.1) is 7.11 Å². The van der Waals surface area contributed by atoms with Gasteiger partial charge in [-0.05, 0) is 37.6 Å². The van der Waals surface area contributed by atoms with Crippen molar-refractivity contribution in [1.29, 1.82) is 0 Å². The molecule has 5 heteroatoms. The van der Waals surface area contributed by atoms with Gasteiger partial charge in [0.15, 0.2) is 11.5 Å². The van der Waals surface area contributed by atoms with E-state index in [0.717, 1.165) is 24.5 Å². The van der Waals surface area contributed by atoms with Crippen LogP contribution in [0.1, 0.15) is 12.5 Å². The van der Waals surface area contributed by atoms with Gasteiger partial charge in [0, 0.05) is 12.1 Å². The Morgan fingerprint density at radius 2 is 2.10 bits per heavy atom.